The van der Waals surface area contributed by atoms with Gasteiger partial charge in [-0.25, -0.2) is 0 Å². The van der Waals surface area contributed by atoms with Gasteiger partial charge in [-0.2, -0.15) is 0 Å². The Hall–Kier alpha value is -0.340. The van der Waals surface area contributed by atoms with E-state index in [1.165, 1.54) is 0 Å². The van der Waals surface area contributed by atoms with Crippen LogP contribution in [0.25, 0.3) is 0 Å². The van der Waals surface area contributed by atoms with Gasteiger partial charge in [-0.15, -0.1) is 0 Å². The molecule has 46 valence electrons. The van der Waals surface area contributed by atoms with Crippen molar-refractivity contribution in [1.82, 2.24) is 0 Å². The Kier molecular flexibility index (Phi) is 1.65. The molecule has 0 heterocycles. The standard InChI is InChI=1S/C6H11NO/c7-6-2-1-5(3-6)4-8/h1-2,5-6,8H,3-4,7H2/t5-,6-/m0/s1. The Morgan fingerprint density at radius 3 is 2.62 bits per heavy atom. The molecular formula is C6H11NO. The van der Waals surface area contributed by atoms with Crippen LogP contribution in [0.5, 0.6) is 0 Å². The number of aliphatic hydroxyl groups is 1. The third-order valence-electron chi connectivity index (χ3n) is 1.44. The molecule has 8 heavy (non-hydrogen) atoms. The van der Waals surface area contributed by atoms with Crippen LogP contribution in [0.4, 0.5) is 0 Å². The van der Waals surface area contributed by atoms with E-state index in [-0.39, 0.29) is 12.6 Å². The average Bonchev–Trinajstić information content (AvgIpc) is 2.14. The quantitative estimate of drug-likeness (QED) is 0.466. The summed E-state index contributed by atoms with van der Waals surface area (Å²) in [7, 11) is 0. The fraction of sp³-hybridized carbons (Fsp3) is 0.667. The van der Waals surface area contributed by atoms with Crippen LogP contribution in [0.1, 0.15) is 6.42 Å². The summed E-state index contributed by atoms with van der Waals surface area (Å²) in [4.78, 5) is 0. The molecule has 2 atom stereocenters. The monoisotopic (exact) mass is 113 g/mol. The Morgan fingerprint density at radius 2 is 2.38 bits per heavy atom. The zero-order valence-corrected chi connectivity index (χ0v) is 4.75. The largest absolute Gasteiger partial charge is 0.396 e. The fourth-order valence-corrected chi connectivity index (χ4v) is 0.942. The zero-order chi connectivity index (χ0) is 5.98. The molecule has 1 aliphatic carbocycles. The van der Waals surface area contributed by atoms with Gasteiger partial charge in [0.15, 0.2) is 0 Å². The minimum atomic E-state index is 0.187. The highest BCUT2D eigenvalue weighted by Crippen LogP contribution is 2.14. The summed E-state index contributed by atoms with van der Waals surface area (Å²) in [5.41, 5.74) is 5.50. The highest BCUT2D eigenvalue weighted by molar-refractivity contribution is 5.04. The van der Waals surface area contributed by atoms with Gasteiger partial charge in [0.05, 0.1) is 0 Å². The Bertz CT molecular complexity index is 101. The highest BCUT2D eigenvalue weighted by atomic mass is 16.3. The number of rotatable bonds is 1. The lowest BCUT2D eigenvalue weighted by Gasteiger charge is -2.02. The van der Waals surface area contributed by atoms with Gasteiger partial charge in [0.2, 0.25) is 0 Å². The summed E-state index contributed by atoms with van der Waals surface area (Å²) in [6.45, 7) is 0.240. The van der Waals surface area contributed by atoms with Crippen LogP contribution in [0, 0.1) is 5.92 Å². The molecule has 0 aromatic rings. The average molecular weight is 113 g/mol. The maximum absolute atomic E-state index is 8.58. The maximum atomic E-state index is 8.58. The van der Waals surface area contributed by atoms with Gasteiger partial charge in [0, 0.05) is 18.6 Å². The van der Waals surface area contributed by atoms with Crippen LogP contribution < -0.4 is 5.73 Å². The summed E-state index contributed by atoms with van der Waals surface area (Å²) >= 11 is 0. The molecule has 0 spiro atoms. The molecule has 3 N–H and O–H groups in total. The topological polar surface area (TPSA) is 46.2 Å². The van der Waals surface area contributed by atoms with E-state index >= 15 is 0 Å². The van der Waals surface area contributed by atoms with Crippen LogP contribution in [0.15, 0.2) is 12.2 Å². The molecule has 0 aromatic carbocycles. The number of hydrogen-bond donors (Lipinski definition) is 2. The Morgan fingerprint density at radius 1 is 1.62 bits per heavy atom. The number of aliphatic hydroxyl groups excluding tert-OH is 1. The van der Waals surface area contributed by atoms with Crippen molar-refractivity contribution in [2.24, 2.45) is 11.7 Å². The van der Waals surface area contributed by atoms with Gasteiger partial charge in [-0.05, 0) is 6.42 Å². The van der Waals surface area contributed by atoms with E-state index in [0.717, 1.165) is 6.42 Å². The molecule has 0 saturated heterocycles. The summed E-state index contributed by atoms with van der Waals surface area (Å²) in [6.07, 6.45) is 4.84. The molecule has 1 rings (SSSR count). The molecule has 0 radical (unpaired) electrons. The zero-order valence-electron chi connectivity index (χ0n) is 4.75. The van der Waals surface area contributed by atoms with E-state index in [9.17, 15) is 0 Å². The molecule has 2 heteroatoms. The second kappa shape index (κ2) is 2.29. The first-order valence-corrected chi connectivity index (χ1v) is 2.87. The molecule has 0 fully saturated rings. The Balaban J connectivity index is 2.34. The summed E-state index contributed by atoms with van der Waals surface area (Å²) < 4.78 is 0. The van der Waals surface area contributed by atoms with Gasteiger partial charge in [-0.1, -0.05) is 12.2 Å². The van der Waals surface area contributed by atoms with Crippen LogP contribution in [-0.2, 0) is 0 Å². The van der Waals surface area contributed by atoms with Crippen molar-refractivity contribution in [3.8, 4) is 0 Å². The van der Waals surface area contributed by atoms with Gasteiger partial charge in [0.1, 0.15) is 0 Å². The van der Waals surface area contributed by atoms with Gasteiger partial charge < -0.3 is 10.8 Å². The van der Waals surface area contributed by atoms with Gasteiger partial charge in [-0.3, -0.25) is 0 Å². The second-order valence-electron chi connectivity index (χ2n) is 2.23. The summed E-state index contributed by atoms with van der Waals surface area (Å²) in [5.74, 6) is 0.324. The van der Waals surface area contributed by atoms with Crippen molar-refractivity contribution < 1.29 is 5.11 Å². The van der Waals surface area contributed by atoms with E-state index in [2.05, 4.69) is 0 Å². The third kappa shape index (κ3) is 1.08. The van der Waals surface area contributed by atoms with Crippen molar-refractivity contribution in [3.63, 3.8) is 0 Å². The van der Waals surface area contributed by atoms with Crippen molar-refractivity contribution in [2.75, 3.05) is 6.61 Å². The summed E-state index contributed by atoms with van der Waals surface area (Å²) in [6, 6.07) is 0.187. The second-order valence-corrected chi connectivity index (χ2v) is 2.23. The summed E-state index contributed by atoms with van der Waals surface area (Å²) in [5, 5.41) is 8.58. The van der Waals surface area contributed by atoms with Crippen LogP contribution in [0.2, 0.25) is 0 Å². The van der Waals surface area contributed by atoms with E-state index in [1.54, 1.807) is 0 Å². The SMILES string of the molecule is N[C@H]1C=C[C@H](CO)C1. The van der Waals surface area contributed by atoms with Crippen LogP contribution in [-0.4, -0.2) is 17.8 Å². The van der Waals surface area contributed by atoms with E-state index < -0.39 is 0 Å². The predicted molar refractivity (Wildman–Crippen MR) is 32.3 cm³/mol. The lowest BCUT2D eigenvalue weighted by atomic mass is 10.1. The smallest absolute Gasteiger partial charge is 0.0494 e. The number of hydrogen-bond acceptors (Lipinski definition) is 2. The maximum Gasteiger partial charge on any atom is 0.0494 e. The Labute approximate surface area is 49.0 Å². The lowest BCUT2D eigenvalue weighted by molar-refractivity contribution is 0.249. The fourth-order valence-electron chi connectivity index (χ4n) is 0.942. The van der Waals surface area contributed by atoms with Gasteiger partial charge >= 0.3 is 0 Å². The molecule has 0 saturated carbocycles. The van der Waals surface area contributed by atoms with E-state index in [1.807, 2.05) is 12.2 Å². The van der Waals surface area contributed by atoms with Crippen LogP contribution in [0.3, 0.4) is 0 Å². The molecule has 1 aliphatic rings. The first kappa shape index (κ1) is 5.79. The molecule has 2 nitrogen and oxygen atoms in total. The first-order valence-electron chi connectivity index (χ1n) is 2.87. The van der Waals surface area contributed by atoms with E-state index in [0.29, 0.717) is 5.92 Å². The van der Waals surface area contributed by atoms with E-state index in [4.69, 9.17) is 10.8 Å². The molecule has 0 bridgehead atoms. The van der Waals surface area contributed by atoms with Crippen molar-refractivity contribution in [3.05, 3.63) is 12.2 Å². The molecule has 0 aromatic heterocycles. The van der Waals surface area contributed by atoms with Crippen LogP contribution >= 0.6 is 0 Å². The van der Waals surface area contributed by atoms with Gasteiger partial charge in [0.25, 0.3) is 0 Å². The minimum Gasteiger partial charge on any atom is -0.396 e. The third-order valence-corrected chi connectivity index (χ3v) is 1.44. The van der Waals surface area contributed by atoms with Crippen molar-refractivity contribution >= 4 is 0 Å². The lowest BCUT2D eigenvalue weighted by Crippen LogP contribution is -2.15. The predicted octanol–water partition coefficient (Wildman–Crippen LogP) is -0.118. The highest BCUT2D eigenvalue weighted by Gasteiger charge is 2.13. The molecular weight excluding hydrogens is 102 g/mol. The minimum absolute atomic E-state index is 0.187. The number of nitrogens with two attached hydrogens (primary N) is 1. The molecule has 0 aliphatic heterocycles. The normalized spacial score (nSPS) is 36.2. The first-order chi connectivity index (χ1) is 3.83. The van der Waals surface area contributed by atoms with Crippen molar-refractivity contribution in [1.29, 1.82) is 0 Å². The molecule has 0 unspecified atom stereocenters. The molecule has 0 amide bonds. The van der Waals surface area contributed by atoms with Crippen molar-refractivity contribution in [2.45, 2.75) is 12.5 Å².